The van der Waals surface area contributed by atoms with Crippen LogP contribution in [0.2, 0.25) is 0 Å². The van der Waals surface area contributed by atoms with E-state index in [1.165, 1.54) is 47.7 Å². The summed E-state index contributed by atoms with van der Waals surface area (Å²) >= 11 is 3.63. The normalized spacial score (nSPS) is 22.4. The van der Waals surface area contributed by atoms with Gasteiger partial charge in [-0.1, -0.05) is 28.8 Å². The Morgan fingerprint density at radius 3 is 2.56 bits per heavy atom. The van der Waals surface area contributed by atoms with E-state index >= 15 is 0 Å². The van der Waals surface area contributed by atoms with E-state index in [0.29, 0.717) is 0 Å². The van der Waals surface area contributed by atoms with Crippen LogP contribution in [0.1, 0.15) is 48.8 Å². The van der Waals surface area contributed by atoms with Gasteiger partial charge in [-0.15, -0.1) is 0 Å². The molecule has 2 aliphatic rings. The molecule has 0 saturated heterocycles. The molecule has 0 unspecified atom stereocenters. The van der Waals surface area contributed by atoms with Crippen molar-refractivity contribution in [2.24, 2.45) is 5.73 Å². The second-order valence-electron chi connectivity index (χ2n) is 5.31. The van der Waals surface area contributed by atoms with Crippen LogP contribution in [0, 0.1) is 0 Å². The van der Waals surface area contributed by atoms with Crippen LogP contribution in [0.15, 0.2) is 16.6 Å². The number of nitrogens with two attached hydrogens (primary N) is 1. The van der Waals surface area contributed by atoms with E-state index in [2.05, 4.69) is 28.1 Å². The average molecular weight is 280 g/mol. The van der Waals surface area contributed by atoms with Crippen LogP contribution in [0.25, 0.3) is 0 Å². The Hall–Kier alpha value is -0.340. The molecule has 1 nitrogen and oxygen atoms in total. The molecule has 0 atom stereocenters. The van der Waals surface area contributed by atoms with Crippen molar-refractivity contribution in [3.8, 4) is 0 Å². The Morgan fingerprint density at radius 1 is 1.06 bits per heavy atom. The molecule has 0 spiro atoms. The fourth-order valence-electron chi connectivity index (χ4n) is 3.39. The van der Waals surface area contributed by atoms with Crippen molar-refractivity contribution in [1.82, 2.24) is 0 Å². The third-order valence-electron chi connectivity index (χ3n) is 4.21. The lowest BCUT2D eigenvalue weighted by atomic mass is 9.85. The minimum atomic E-state index is -0.0296. The number of hydrogen-bond acceptors (Lipinski definition) is 1. The molecule has 0 aromatic heterocycles. The Bertz CT molecular complexity index is 419. The summed E-state index contributed by atoms with van der Waals surface area (Å²) in [5.74, 6) is 0. The van der Waals surface area contributed by atoms with Gasteiger partial charge in [-0.2, -0.15) is 0 Å². The first-order valence-electron chi connectivity index (χ1n) is 6.30. The van der Waals surface area contributed by atoms with E-state index in [1.807, 2.05) is 0 Å². The van der Waals surface area contributed by atoms with Crippen molar-refractivity contribution in [3.63, 3.8) is 0 Å². The number of fused-ring (bicyclic) bond motifs is 1. The van der Waals surface area contributed by atoms with Crippen molar-refractivity contribution < 1.29 is 0 Å². The maximum Gasteiger partial charge on any atom is 0.0412 e. The predicted octanol–water partition coefficient (Wildman–Crippen LogP) is 3.67. The number of halogens is 1. The topological polar surface area (TPSA) is 26.0 Å². The summed E-state index contributed by atoms with van der Waals surface area (Å²) < 4.78 is 1.21. The SMILES string of the molecule is NC1(c2cc(Br)cc3c2CCC3)CCCC1. The van der Waals surface area contributed by atoms with Gasteiger partial charge in [-0.3, -0.25) is 0 Å². The first-order valence-corrected chi connectivity index (χ1v) is 7.09. The third kappa shape index (κ3) is 1.63. The van der Waals surface area contributed by atoms with E-state index in [9.17, 15) is 0 Å². The minimum absolute atomic E-state index is 0.0296. The highest BCUT2D eigenvalue weighted by molar-refractivity contribution is 9.10. The van der Waals surface area contributed by atoms with E-state index in [0.717, 1.165) is 12.8 Å². The van der Waals surface area contributed by atoms with Gasteiger partial charge in [0.05, 0.1) is 0 Å². The van der Waals surface area contributed by atoms with Crippen LogP contribution in [0.4, 0.5) is 0 Å². The fourth-order valence-corrected chi connectivity index (χ4v) is 3.89. The number of rotatable bonds is 1. The van der Waals surface area contributed by atoms with Crippen LogP contribution in [-0.2, 0) is 18.4 Å². The Kier molecular flexibility index (Phi) is 2.60. The Morgan fingerprint density at radius 2 is 1.81 bits per heavy atom. The summed E-state index contributed by atoms with van der Waals surface area (Å²) in [6.07, 6.45) is 8.67. The molecule has 1 aromatic carbocycles. The fraction of sp³-hybridized carbons (Fsp3) is 0.571. The predicted molar refractivity (Wildman–Crippen MR) is 70.5 cm³/mol. The molecule has 2 aliphatic carbocycles. The molecule has 0 heterocycles. The van der Waals surface area contributed by atoms with Crippen LogP contribution in [0.3, 0.4) is 0 Å². The zero-order valence-corrected chi connectivity index (χ0v) is 11.1. The lowest BCUT2D eigenvalue weighted by molar-refractivity contribution is 0.457. The van der Waals surface area contributed by atoms with Gasteiger partial charge in [0, 0.05) is 10.0 Å². The van der Waals surface area contributed by atoms with E-state index in [-0.39, 0.29) is 5.54 Å². The molecular formula is C14H18BrN. The van der Waals surface area contributed by atoms with Crippen molar-refractivity contribution in [1.29, 1.82) is 0 Å². The maximum atomic E-state index is 6.60. The van der Waals surface area contributed by atoms with Gasteiger partial charge in [0.25, 0.3) is 0 Å². The molecule has 0 radical (unpaired) electrons. The zero-order chi connectivity index (χ0) is 11.2. The molecule has 1 saturated carbocycles. The van der Waals surface area contributed by atoms with Gasteiger partial charge < -0.3 is 5.73 Å². The van der Waals surface area contributed by atoms with Crippen molar-refractivity contribution >= 4 is 15.9 Å². The second-order valence-corrected chi connectivity index (χ2v) is 6.22. The quantitative estimate of drug-likeness (QED) is 0.834. The molecule has 1 aromatic rings. The van der Waals surface area contributed by atoms with E-state index in [4.69, 9.17) is 5.73 Å². The molecule has 0 bridgehead atoms. The number of benzene rings is 1. The second kappa shape index (κ2) is 3.85. The summed E-state index contributed by atoms with van der Waals surface area (Å²) in [6.45, 7) is 0. The lowest BCUT2D eigenvalue weighted by Crippen LogP contribution is -2.34. The first kappa shape index (κ1) is 10.8. The standard InChI is InChI=1S/C14H18BrN/c15-11-8-10-4-3-5-12(10)13(9-11)14(16)6-1-2-7-14/h8-9H,1-7,16H2. The monoisotopic (exact) mass is 279 g/mol. The van der Waals surface area contributed by atoms with Crippen molar-refractivity contribution in [2.75, 3.05) is 0 Å². The minimum Gasteiger partial charge on any atom is -0.321 e. The van der Waals surface area contributed by atoms with Gasteiger partial charge in [-0.25, -0.2) is 0 Å². The van der Waals surface area contributed by atoms with Crippen LogP contribution in [0.5, 0.6) is 0 Å². The molecule has 16 heavy (non-hydrogen) atoms. The largest absolute Gasteiger partial charge is 0.321 e. The highest BCUT2D eigenvalue weighted by atomic mass is 79.9. The molecule has 0 aliphatic heterocycles. The molecule has 2 heteroatoms. The van der Waals surface area contributed by atoms with Gasteiger partial charge in [0.15, 0.2) is 0 Å². The van der Waals surface area contributed by atoms with Gasteiger partial charge in [-0.05, 0) is 60.9 Å². The van der Waals surface area contributed by atoms with Crippen molar-refractivity contribution in [2.45, 2.75) is 50.5 Å². The molecule has 2 N–H and O–H groups in total. The van der Waals surface area contributed by atoms with Gasteiger partial charge in [0.1, 0.15) is 0 Å². The third-order valence-corrected chi connectivity index (χ3v) is 4.67. The Labute approximate surface area is 106 Å². The molecular weight excluding hydrogens is 262 g/mol. The summed E-state index contributed by atoms with van der Waals surface area (Å²) in [5.41, 5.74) is 11.1. The smallest absolute Gasteiger partial charge is 0.0412 e. The van der Waals surface area contributed by atoms with Gasteiger partial charge >= 0.3 is 0 Å². The summed E-state index contributed by atoms with van der Waals surface area (Å²) in [4.78, 5) is 0. The first-order chi connectivity index (χ1) is 7.69. The zero-order valence-electron chi connectivity index (χ0n) is 9.56. The summed E-state index contributed by atoms with van der Waals surface area (Å²) in [5, 5.41) is 0. The van der Waals surface area contributed by atoms with E-state index < -0.39 is 0 Å². The van der Waals surface area contributed by atoms with Crippen molar-refractivity contribution in [3.05, 3.63) is 33.3 Å². The van der Waals surface area contributed by atoms with E-state index in [1.54, 1.807) is 5.56 Å². The highest BCUT2D eigenvalue weighted by Crippen LogP contribution is 2.42. The average Bonchev–Trinajstić information content (AvgIpc) is 2.85. The lowest BCUT2D eigenvalue weighted by Gasteiger charge is -2.27. The maximum absolute atomic E-state index is 6.60. The van der Waals surface area contributed by atoms with Gasteiger partial charge in [0.2, 0.25) is 0 Å². The summed E-state index contributed by atoms with van der Waals surface area (Å²) in [7, 11) is 0. The molecule has 0 amide bonds. The number of hydrogen-bond donors (Lipinski definition) is 1. The number of aryl methyl sites for hydroxylation is 1. The Balaban J connectivity index is 2.13. The molecule has 1 fully saturated rings. The van der Waals surface area contributed by atoms with Crippen LogP contribution < -0.4 is 5.73 Å². The molecule has 86 valence electrons. The summed E-state index contributed by atoms with van der Waals surface area (Å²) in [6, 6.07) is 4.56. The highest BCUT2D eigenvalue weighted by Gasteiger charge is 2.34. The molecule has 3 rings (SSSR count). The van der Waals surface area contributed by atoms with Crippen LogP contribution >= 0.6 is 15.9 Å². The van der Waals surface area contributed by atoms with Crippen LogP contribution in [-0.4, -0.2) is 0 Å².